The maximum absolute atomic E-state index is 12.5. The Bertz CT molecular complexity index is 689. The highest BCUT2D eigenvalue weighted by Crippen LogP contribution is 2.17. The van der Waals surface area contributed by atoms with Gasteiger partial charge in [0.05, 0.1) is 6.61 Å². The molecule has 0 fully saturated rings. The maximum atomic E-state index is 12.5. The molecule has 2 aromatic rings. The summed E-state index contributed by atoms with van der Waals surface area (Å²) in [5, 5.41) is 0. The molecular weight excluding hydrogens is 298 g/mol. The first-order valence-corrected chi connectivity index (χ1v) is 8.43. The van der Waals surface area contributed by atoms with Gasteiger partial charge in [-0.25, -0.2) is 0 Å². The lowest BCUT2D eigenvalue weighted by atomic mass is 10.2. The molecule has 3 heteroatoms. The predicted octanol–water partition coefficient (Wildman–Crippen LogP) is 4.85. The fraction of sp³-hybridized carbons (Fsp3) is 0.286. The molecule has 0 saturated heterocycles. The van der Waals surface area contributed by atoms with E-state index in [2.05, 4.69) is 6.92 Å². The van der Waals surface area contributed by atoms with Gasteiger partial charge in [-0.3, -0.25) is 4.79 Å². The molecular formula is C21H25NO2. The van der Waals surface area contributed by atoms with Gasteiger partial charge in [0, 0.05) is 18.3 Å². The van der Waals surface area contributed by atoms with Crippen molar-refractivity contribution in [2.75, 3.05) is 18.1 Å². The van der Waals surface area contributed by atoms with Crippen molar-refractivity contribution >= 4 is 17.7 Å². The summed E-state index contributed by atoms with van der Waals surface area (Å²) in [7, 11) is 0. The molecule has 24 heavy (non-hydrogen) atoms. The van der Waals surface area contributed by atoms with Crippen LogP contribution in [0.4, 0.5) is 5.69 Å². The molecule has 1 amide bonds. The van der Waals surface area contributed by atoms with Gasteiger partial charge in [-0.15, -0.1) is 0 Å². The van der Waals surface area contributed by atoms with E-state index in [4.69, 9.17) is 4.74 Å². The molecule has 2 rings (SSSR count). The van der Waals surface area contributed by atoms with Crippen molar-refractivity contribution in [3.05, 3.63) is 65.7 Å². The highest BCUT2D eigenvalue weighted by molar-refractivity contribution is 6.03. The van der Waals surface area contributed by atoms with Gasteiger partial charge >= 0.3 is 0 Å². The summed E-state index contributed by atoms with van der Waals surface area (Å²) in [6.07, 6.45) is 4.44. The first kappa shape index (κ1) is 17.8. The number of carbonyl (C=O) groups excluding carboxylic acids is 1. The fourth-order valence-electron chi connectivity index (χ4n) is 2.41. The average molecular weight is 323 g/mol. The minimum Gasteiger partial charge on any atom is -0.494 e. The smallest absolute Gasteiger partial charge is 0.250 e. The molecule has 2 aromatic carbocycles. The molecule has 0 aliphatic rings. The molecule has 0 saturated carbocycles. The Morgan fingerprint density at radius 3 is 2.50 bits per heavy atom. The zero-order valence-corrected chi connectivity index (χ0v) is 14.7. The van der Waals surface area contributed by atoms with Gasteiger partial charge in [-0.1, -0.05) is 31.2 Å². The summed E-state index contributed by atoms with van der Waals surface area (Å²) in [5.41, 5.74) is 3.05. The van der Waals surface area contributed by atoms with Crippen LogP contribution in [-0.4, -0.2) is 19.1 Å². The summed E-state index contributed by atoms with van der Waals surface area (Å²) in [6, 6.07) is 15.8. The number of aryl methyl sites for hydroxylation is 1. The van der Waals surface area contributed by atoms with E-state index in [1.807, 2.05) is 68.5 Å². The number of hydrogen-bond acceptors (Lipinski definition) is 2. The van der Waals surface area contributed by atoms with Crippen molar-refractivity contribution in [2.24, 2.45) is 0 Å². The normalized spacial score (nSPS) is 10.8. The van der Waals surface area contributed by atoms with Gasteiger partial charge in [0.2, 0.25) is 0 Å². The van der Waals surface area contributed by atoms with Crippen molar-refractivity contribution in [3.63, 3.8) is 0 Å². The third-order valence-corrected chi connectivity index (χ3v) is 3.67. The Hall–Kier alpha value is -2.55. The summed E-state index contributed by atoms with van der Waals surface area (Å²) < 4.78 is 5.56. The minimum atomic E-state index is -0.0191. The lowest BCUT2D eigenvalue weighted by Crippen LogP contribution is -2.28. The monoisotopic (exact) mass is 323 g/mol. The third kappa shape index (κ3) is 4.98. The van der Waals surface area contributed by atoms with Crippen LogP contribution in [0.2, 0.25) is 0 Å². The van der Waals surface area contributed by atoms with E-state index in [0.717, 1.165) is 35.6 Å². The molecule has 3 nitrogen and oxygen atoms in total. The second kappa shape index (κ2) is 8.92. The van der Waals surface area contributed by atoms with Crippen LogP contribution in [0.3, 0.4) is 0 Å². The van der Waals surface area contributed by atoms with Crippen LogP contribution in [0, 0.1) is 6.92 Å². The number of carbonyl (C=O) groups is 1. The van der Waals surface area contributed by atoms with Crippen molar-refractivity contribution < 1.29 is 9.53 Å². The standard InChI is InChI=1S/C21H25NO2/c1-4-15-24-20-12-9-18(10-13-20)11-14-21(23)22(5-2)19-8-6-7-17(3)16-19/h6-14,16H,4-5,15H2,1-3H3/b14-11+. The molecule has 0 aliphatic carbocycles. The van der Waals surface area contributed by atoms with Gasteiger partial charge in [0.25, 0.3) is 5.91 Å². The van der Waals surface area contributed by atoms with Gasteiger partial charge in [-0.2, -0.15) is 0 Å². The largest absolute Gasteiger partial charge is 0.494 e. The topological polar surface area (TPSA) is 29.5 Å². The summed E-state index contributed by atoms with van der Waals surface area (Å²) in [4.78, 5) is 14.2. The SMILES string of the molecule is CCCOc1ccc(/C=C/C(=O)N(CC)c2cccc(C)c2)cc1. The maximum Gasteiger partial charge on any atom is 0.250 e. The highest BCUT2D eigenvalue weighted by atomic mass is 16.5. The molecule has 0 atom stereocenters. The lowest BCUT2D eigenvalue weighted by molar-refractivity contribution is -0.114. The number of ether oxygens (including phenoxy) is 1. The third-order valence-electron chi connectivity index (χ3n) is 3.67. The second-order valence-electron chi connectivity index (χ2n) is 5.67. The van der Waals surface area contributed by atoms with Crippen LogP contribution in [0.15, 0.2) is 54.6 Å². The molecule has 0 aromatic heterocycles. The van der Waals surface area contributed by atoms with Crippen LogP contribution in [0.25, 0.3) is 6.08 Å². The summed E-state index contributed by atoms with van der Waals surface area (Å²) in [6.45, 7) is 7.44. The van der Waals surface area contributed by atoms with E-state index >= 15 is 0 Å². The van der Waals surface area contributed by atoms with Gasteiger partial charge in [0.15, 0.2) is 0 Å². The van der Waals surface area contributed by atoms with Crippen molar-refractivity contribution in [3.8, 4) is 5.75 Å². The first-order valence-electron chi connectivity index (χ1n) is 8.43. The Kier molecular flexibility index (Phi) is 6.62. The van der Waals surface area contributed by atoms with Crippen LogP contribution in [0.1, 0.15) is 31.4 Å². The zero-order chi connectivity index (χ0) is 17.4. The Labute approximate surface area is 144 Å². The van der Waals surface area contributed by atoms with E-state index in [1.54, 1.807) is 11.0 Å². The lowest BCUT2D eigenvalue weighted by Gasteiger charge is -2.19. The number of amides is 1. The fourth-order valence-corrected chi connectivity index (χ4v) is 2.41. The van der Waals surface area contributed by atoms with Crippen LogP contribution in [-0.2, 0) is 4.79 Å². The van der Waals surface area contributed by atoms with Crippen molar-refractivity contribution in [1.82, 2.24) is 0 Å². The summed E-state index contributed by atoms with van der Waals surface area (Å²) in [5.74, 6) is 0.838. The predicted molar refractivity (Wildman–Crippen MR) is 100 cm³/mol. The quantitative estimate of drug-likeness (QED) is 0.682. The van der Waals surface area contributed by atoms with E-state index in [0.29, 0.717) is 6.54 Å². The zero-order valence-electron chi connectivity index (χ0n) is 14.7. The number of hydrogen-bond donors (Lipinski definition) is 0. The molecule has 0 radical (unpaired) electrons. The molecule has 0 spiro atoms. The van der Waals surface area contributed by atoms with E-state index in [9.17, 15) is 4.79 Å². The summed E-state index contributed by atoms with van der Waals surface area (Å²) >= 11 is 0. The first-order chi connectivity index (χ1) is 11.6. The Balaban J connectivity index is 2.05. The van der Waals surface area contributed by atoms with Gasteiger partial charge < -0.3 is 9.64 Å². The van der Waals surface area contributed by atoms with Crippen LogP contribution >= 0.6 is 0 Å². The molecule has 126 valence electrons. The van der Waals surface area contributed by atoms with E-state index < -0.39 is 0 Å². The minimum absolute atomic E-state index is 0.0191. The molecule has 0 N–H and O–H groups in total. The van der Waals surface area contributed by atoms with E-state index in [1.165, 1.54) is 0 Å². The van der Waals surface area contributed by atoms with E-state index in [-0.39, 0.29) is 5.91 Å². The average Bonchev–Trinajstić information content (AvgIpc) is 2.60. The number of anilines is 1. The van der Waals surface area contributed by atoms with Crippen molar-refractivity contribution in [2.45, 2.75) is 27.2 Å². The number of likely N-dealkylation sites (N-methyl/N-ethyl adjacent to an activating group) is 1. The molecule has 0 unspecified atom stereocenters. The molecule has 0 heterocycles. The Morgan fingerprint density at radius 1 is 1.12 bits per heavy atom. The Morgan fingerprint density at radius 2 is 1.88 bits per heavy atom. The number of benzene rings is 2. The molecule has 0 bridgehead atoms. The van der Waals surface area contributed by atoms with Crippen molar-refractivity contribution in [1.29, 1.82) is 0 Å². The van der Waals surface area contributed by atoms with Gasteiger partial charge in [-0.05, 0) is 61.7 Å². The number of rotatable bonds is 7. The van der Waals surface area contributed by atoms with Crippen LogP contribution < -0.4 is 9.64 Å². The molecule has 0 aliphatic heterocycles. The second-order valence-corrected chi connectivity index (χ2v) is 5.67. The van der Waals surface area contributed by atoms with Gasteiger partial charge in [0.1, 0.15) is 5.75 Å². The van der Waals surface area contributed by atoms with Crippen LogP contribution in [0.5, 0.6) is 5.75 Å². The highest BCUT2D eigenvalue weighted by Gasteiger charge is 2.10. The number of nitrogens with zero attached hydrogens (tertiary/aromatic N) is 1.